The molecule has 0 aliphatic heterocycles. The van der Waals surface area contributed by atoms with E-state index in [9.17, 15) is 39.6 Å². The lowest BCUT2D eigenvalue weighted by Crippen LogP contribution is -2.63. The second-order valence-corrected chi connectivity index (χ2v) is 11.0. The lowest BCUT2D eigenvalue weighted by atomic mass is 9.58. The van der Waals surface area contributed by atoms with E-state index in [0.29, 0.717) is 22.4 Å². The van der Waals surface area contributed by atoms with Gasteiger partial charge in [-0.3, -0.25) is 24.1 Å². The van der Waals surface area contributed by atoms with Crippen LogP contribution in [0.15, 0.2) is 59.1 Å². The average molecular weight is 572 g/mol. The maximum absolute atomic E-state index is 13.8. The Morgan fingerprint density at radius 3 is 2.31 bits per heavy atom. The summed E-state index contributed by atoms with van der Waals surface area (Å²) in [5.41, 5.74) is 3.62. The summed E-state index contributed by atoms with van der Waals surface area (Å²) in [6, 6.07) is 8.65. The molecule has 11 nitrogen and oxygen atoms in total. The lowest BCUT2D eigenvalue weighted by molar-refractivity contribution is -0.148. The summed E-state index contributed by atoms with van der Waals surface area (Å²) >= 11 is 0. The molecular formula is C31H29N3O8. The molecule has 0 radical (unpaired) electrons. The molecule has 0 saturated carbocycles. The van der Waals surface area contributed by atoms with Gasteiger partial charge in [-0.25, -0.2) is 0 Å². The molecule has 5 rings (SSSR count). The van der Waals surface area contributed by atoms with Gasteiger partial charge in [-0.1, -0.05) is 11.8 Å². The Kier molecular flexibility index (Phi) is 6.92. The molecule has 0 saturated heterocycles. The van der Waals surface area contributed by atoms with Crippen LogP contribution in [0.25, 0.3) is 0 Å². The number of aromatic hydroxyl groups is 1. The van der Waals surface area contributed by atoms with Crippen LogP contribution in [-0.2, 0) is 20.8 Å². The molecule has 0 fully saturated rings. The van der Waals surface area contributed by atoms with Gasteiger partial charge in [0.25, 0.3) is 5.91 Å². The van der Waals surface area contributed by atoms with Crippen molar-refractivity contribution in [1.82, 2.24) is 4.90 Å². The average Bonchev–Trinajstić information content (AvgIpc) is 2.90. The normalized spacial score (nSPS) is 24.8. The highest BCUT2D eigenvalue weighted by Crippen LogP contribution is 2.52. The van der Waals surface area contributed by atoms with Crippen molar-refractivity contribution in [2.45, 2.75) is 31.4 Å². The monoisotopic (exact) mass is 571 g/mol. The molecule has 4 atom stereocenters. The molecule has 0 aromatic heterocycles. The maximum atomic E-state index is 13.8. The van der Waals surface area contributed by atoms with Crippen LogP contribution in [0, 0.1) is 23.7 Å². The third kappa shape index (κ3) is 4.32. The number of phenolic OH excluding ortho intramolecular Hbond substituents is 1. The van der Waals surface area contributed by atoms with Gasteiger partial charge in [0.15, 0.2) is 11.4 Å². The Hall–Kier alpha value is -4.92. The molecule has 2 aromatic carbocycles. The van der Waals surface area contributed by atoms with Gasteiger partial charge in [0, 0.05) is 35.2 Å². The van der Waals surface area contributed by atoms with Crippen LogP contribution in [0.3, 0.4) is 0 Å². The number of hydrogen-bond donors (Lipinski definition) is 6. The fourth-order valence-electron chi connectivity index (χ4n) is 6.35. The molecule has 0 heterocycles. The van der Waals surface area contributed by atoms with Gasteiger partial charge >= 0.3 is 0 Å². The van der Waals surface area contributed by atoms with Crippen molar-refractivity contribution in [3.63, 3.8) is 0 Å². The van der Waals surface area contributed by atoms with Crippen LogP contribution >= 0.6 is 0 Å². The van der Waals surface area contributed by atoms with Crippen LogP contribution in [0.1, 0.15) is 40.4 Å². The van der Waals surface area contributed by atoms with Crippen molar-refractivity contribution in [3.05, 3.63) is 81.3 Å². The van der Waals surface area contributed by atoms with E-state index in [1.54, 1.807) is 44.4 Å². The minimum atomic E-state index is -2.69. The summed E-state index contributed by atoms with van der Waals surface area (Å²) in [6.45, 7) is 1.40. The van der Waals surface area contributed by atoms with Gasteiger partial charge in [0.2, 0.25) is 11.7 Å². The smallest absolute Gasteiger partial charge is 0.255 e. The zero-order valence-corrected chi connectivity index (χ0v) is 23.1. The number of aliphatic hydroxyl groups excluding tert-OH is 2. The summed E-state index contributed by atoms with van der Waals surface area (Å²) in [6.07, 6.45) is 0.118. The molecule has 3 aliphatic rings. The Morgan fingerprint density at radius 1 is 1.05 bits per heavy atom. The van der Waals surface area contributed by atoms with Gasteiger partial charge in [-0.05, 0) is 74.8 Å². The van der Waals surface area contributed by atoms with Crippen molar-refractivity contribution in [3.8, 4) is 17.6 Å². The third-order valence-electron chi connectivity index (χ3n) is 8.15. The number of rotatable bonds is 3. The molecule has 0 bridgehead atoms. The third-order valence-corrected chi connectivity index (χ3v) is 8.15. The summed E-state index contributed by atoms with van der Waals surface area (Å²) in [7, 11) is 3.14. The molecule has 11 heteroatoms. The van der Waals surface area contributed by atoms with E-state index in [-0.39, 0.29) is 35.6 Å². The summed E-state index contributed by atoms with van der Waals surface area (Å²) in [5, 5.41) is 47.3. The standard InChI is InChI=1S/C31H29N3O8/c1-14(35)33-18-9-5-15(6-10-18)4-7-16-8-11-21(36)23-19(16)12-17-13-20-25(34(2)3)27(38)24(30(32)41)29(40)31(20,42)28(39)22(17)26(23)37/h5-6,8-11,17,20,25,36,38-39,42H,12-13H2,1-3H3,(H2,32,41)(H,33,35)/t17-,20-,25+,31-/m0/s1. The number of benzene rings is 2. The van der Waals surface area contributed by atoms with E-state index in [1.807, 2.05) is 0 Å². The molecule has 0 spiro atoms. The predicted octanol–water partition coefficient (Wildman–Crippen LogP) is 1.48. The number of carbonyl (C=O) groups is 4. The number of likely N-dealkylation sites (N-methyl/N-ethyl adjacent to an activating group) is 1. The first kappa shape index (κ1) is 28.6. The van der Waals surface area contributed by atoms with E-state index in [1.165, 1.54) is 17.9 Å². The summed E-state index contributed by atoms with van der Waals surface area (Å²) in [4.78, 5) is 52.1. The highest BCUT2D eigenvalue weighted by atomic mass is 16.3. The van der Waals surface area contributed by atoms with Crippen LogP contribution in [0.2, 0.25) is 0 Å². The van der Waals surface area contributed by atoms with Crippen molar-refractivity contribution < 1.29 is 39.6 Å². The number of phenols is 1. The van der Waals surface area contributed by atoms with Gasteiger partial charge in [0.1, 0.15) is 22.8 Å². The summed E-state index contributed by atoms with van der Waals surface area (Å²) < 4.78 is 0. The molecule has 2 aromatic rings. The molecular weight excluding hydrogens is 542 g/mol. The van der Waals surface area contributed by atoms with E-state index in [2.05, 4.69) is 17.2 Å². The number of aliphatic hydroxyl groups is 3. The van der Waals surface area contributed by atoms with E-state index in [4.69, 9.17) is 5.73 Å². The fourth-order valence-corrected chi connectivity index (χ4v) is 6.35. The second-order valence-electron chi connectivity index (χ2n) is 11.0. The Labute approximate surface area is 240 Å². The molecule has 2 amide bonds. The van der Waals surface area contributed by atoms with E-state index < -0.39 is 58.0 Å². The van der Waals surface area contributed by atoms with Crippen LogP contribution < -0.4 is 11.1 Å². The molecule has 7 N–H and O–H groups in total. The molecule has 216 valence electrons. The number of fused-ring (bicyclic) bond motifs is 3. The number of primary amides is 1. The zero-order valence-electron chi connectivity index (χ0n) is 23.1. The Balaban J connectivity index is 1.60. The number of hydrogen-bond acceptors (Lipinski definition) is 9. The topological polar surface area (TPSA) is 190 Å². The van der Waals surface area contributed by atoms with E-state index in [0.717, 1.165) is 0 Å². The van der Waals surface area contributed by atoms with Crippen LogP contribution in [0.4, 0.5) is 5.69 Å². The molecule has 3 aliphatic carbocycles. The number of anilines is 1. The Morgan fingerprint density at radius 2 is 1.71 bits per heavy atom. The number of nitrogens with two attached hydrogens (primary N) is 1. The quantitative estimate of drug-likeness (QED) is 0.234. The number of allylic oxidation sites excluding steroid dienone is 1. The van der Waals surface area contributed by atoms with Gasteiger partial charge in [-0.2, -0.15) is 0 Å². The Bertz CT molecular complexity index is 1690. The van der Waals surface area contributed by atoms with Crippen molar-refractivity contribution >= 4 is 29.1 Å². The highest BCUT2D eigenvalue weighted by Gasteiger charge is 2.63. The van der Waals surface area contributed by atoms with E-state index >= 15 is 0 Å². The second kappa shape index (κ2) is 10.2. The van der Waals surface area contributed by atoms with Crippen molar-refractivity contribution in [2.75, 3.05) is 19.4 Å². The first-order valence-electron chi connectivity index (χ1n) is 13.2. The van der Waals surface area contributed by atoms with Crippen molar-refractivity contribution in [1.29, 1.82) is 0 Å². The largest absolute Gasteiger partial charge is 0.510 e. The van der Waals surface area contributed by atoms with Gasteiger partial charge in [0.05, 0.1) is 11.6 Å². The lowest BCUT2D eigenvalue weighted by Gasteiger charge is -2.50. The number of nitrogens with one attached hydrogen (secondary N) is 1. The SMILES string of the molecule is CC(=O)Nc1ccc(C#Cc2ccc(O)c3c2C[C@H]2C[C@H]4[C@@H](N(C)C)C(O)=C(C(N)=O)C(=O)[C@@]4(O)C(O)=C2C3=O)cc1. The van der Waals surface area contributed by atoms with Crippen molar-refractivity contribution in [2.24, 2.45) is 17.6 Å². The number of amides is 2. The van der Waals surface area contributed by atoms with Crippen LogP contribution in [0.5, 0.6) is 5.75 Å². The minimum absolute atomic E-state index is 0.0150. The first-order valence-corrected chi connectivity index (χ1v) is 13.2. The molecule has 42 heavy (non-hydrogen) atoms. The predicted molar refractivity (Wildman–Crippen MR) is 150 cm³/mol. The van der Waals surface area contributed by atoms with Gasteiger partial charge < -0.3 is 31.5 Å². The minimum Gasteiger partial charge on any atom is -0.510 e. The fraction of sp³-hybridized carbons (Fsp3) is 0.290. The first-order chi connectivity index (χ1) is 19.8. The van der Waals surface area contributed by atoms with Gasteiger partial charge in [-0.15, -0.1) is 0 Å². The maximum Gasteiger partial charge on any atom is 0.255 e. The number of nitrogens with zero attached hydrogens (tertiary/aromatic N) is 1. The summed E-state index contributed by atoms with van der Waals surface area (Å²) in [5.74, 6) is -1.20. The number of ketones is 2. The molecule has 0 unspecified atom stereocenters. The van der Waals surface area contributed by atoms with Crippen LogP contribution in [-0.4, -0.2) is 74.4 Å². The highest BCUT2D eigenvalue weighted by molar-refractivity contribution is 6.24. The zero-order chi connectivity index (χ0) is 30.7. The number of Topliss-reactive ketones (excluding diaryl/α,β-unsaturated/α-hetero) is 2. The number of carbonyl (C=O) groups excluding carboxylic acids is 4.